The molecule has 0 aromatic heterocycles. The van der Waals surface area contributed by atoms with Gasteiger partial charge in [0.15, 0.2) is 0 Å². The molecule has 5 heteroatoms. The highest BCUT2D eigenvalue weighted by Gasteiger charge is 2.22. The normalized spacial score (nSPS) is 10.3. The summed E-state index contributed by atoms with van der Waals surface area (Å²) in [6.07, 6.45) is 1.61. The molecule has 122 valence electrons. The summed E-state index contributed by atoms with van der Waals surface area (Å²) >= 11 is 0. The average molecular weight is 315 g/mol. The number of carbonyl (C=O) groups is 1. The number of phenols is 1. The molecule has 0 amide bonds. The van der Waals surface area contributed by atoms with E-state index in [-0.39, 0.29) is 11.3 Å². The molecule has 0 atom stereocenters. The Morgan fingerprint density at radius 1 is 1.13 bits per heavy atom. The van der Waals surface area contributed by atoms with Gasteiger partial charge in [0.1, 0.15) is 17.1 Å². The van der Waals surface area contributed by atoms with Crippen molar-refractivity contribution in [2.24, 2.45) is 5.73 Å². The quantitative estimate of drug-likeness (QED) is 0.606. The van der Waals surface area contributed by atoms with Crippen LogP contribution in [0.25, 0.3) is 11.1 Å². The fourth-order valence-electron chi connectivity index (χ4n) is 2.27. The van der Waals surface area contributed by atoms with Gasteiger partial charge in [0.25, 0.3) is 0 Å². The molecular weight excluding hydrogens is 294 g/mol. The lowest BCUT2D eigenvalue weighted by molar-refractivity contribution is 0.0592. The molecule has 0 aliphatic carbocycles. The number of benzene rings is 2. The fourth-order valence-corrected chi connectivity index (χ4v) is 2.27. The van der Waals surface area contributed by atoms with Crippen LogP contribution in [0.4, 0.5) is 0 Å². The number of phenolic OH excluding ortho intramolecular Hbond substituents is 1. The number of aromatic hydroxyl groups is 1. The molecule has 2 rings (SSSR count). The van der Waals surface area contributed by atoms with E-state index < -0.39 is 5.97 Å². The highest BCUT2D eigenvalue weighted by atomic mass is 16.5. The maximum Gasteiger partial charge on any atom is 0.345 e. The molecule has 0 saturated carbocycles. The molecule has 0 aliphatic heterocycles. The first-order chi connectivity index (χ1) is 11.2. The Bertz CT molecular complexity index is 656. The number of ether oxygens (including phenoxy) is 2. The predicted molar refractivity (Wildman–Crippen MR) is 88.7 cm³/mol. The van der Waals surface area contributed by atoms with Crippen molar-refractivity contribution in [2.75, 3.05) is 20.3 Å². The monoisotopic (exact) mass is 315 g/mol. The van der Waals surface area contributed by atoms with Gasteiger partial charge in [-0.25, -0.2) is 4.79 Å². The molecule has 23 heavy (non-hydrogen) atoms. The molecule has 0 unspecified atom stereocenters. The van der Waals surface area contributed by atoms with E-state index in [1.165, 1.54) is 7.11 Å². The van der Waals surface area contributed by atoms with E-state index in [4.69, 9.17) is 15.2 Å². The largest absolute Gasteiger partial charge is 0.506 e. The summed E-state index contributed by atoms with van der Waals surface area (Å²) in [6.45, 7) is 1.01. The van der Waals surface area contributed by atoms with Crippen LogP contribution in [0.2, 0.25) is 0 Å². The molecule has 0 fully saturated rings. The van der Waals surface area contributed by atoms with E-state index >= 15 is 0 Å². The number of hydrogen-bond donors (Lipinski definition) is 2. The topological polar surface area (TPSA) is 81.8 Å². The van der Waals surface area contributed by atoms with Crippen molar-refractivity contribution >= 4 is 5.97 Å². The highest BCUT2D eigenvalue weighted by molar-refractivity contribution is 5.98. The minimum absolute atomic E-state index is 0.0431. The summed E-state index contributed by atoms with van der Waals surface area (Å²) in [5.41, 5.74) is 6.86. The fraction of sp³-hybridized carbons (Fsp3) is 0.278. The molecule has 0 bridgehead atoms. The van der Waals surface area contributed by atoms with Crippen LogP contribution in [0.1, 0.15) is 23.2 Å². The zero-order valence-electron chi connectivity index (χ0n) is 13.1. The lowest BCUT2D eigenvalue weighted by atomic mass is 10.0. The van der Waals surface area contributed by atoms with Crippen molar-refractivity contribution < 1.29 is 19.4 Å². The molecule has 2 aromatic rings. The Hall–Kier alpha value is -2.53. The highest BCUT2D eigenvalue weighted by Crippen LogP contribution is 2.38. The number of carbonyl (C=O) groups excluding carboxylic acids is 1. The van der Waals surface area contributed by atoms with Gasteiger partial charge in [-0.3, -0.25) is 0 Å². The molecule has 0 saturated heterocycles. The van der Waals surface area contributed by atoms with E-state index in [9.17, 15) is 9.90 Å². The molecule has 5 nitrogen and oxygen atoms in total. The number of rotatable bonds is 7. The maximum absolute atomic E-state index is 12.0. The third-order valence-corrected chi connectivity index (χ3v) is 3.47. The molecule has 3 N–H and O–H groups in total. The van der Waals surface area contributed by atoms with Crippen molar-refractivity contribution in [3.05, 3.63) is 48.0 Å². The summed E-state index contributed by atoms with van der Waals surface area (Å²) in [5.74, 6) is -0.459. The van der Waals surface area contributed by atoms with Crippen LogP contribution in [0, 0.1) is 0 Å². The first-order valence-electron chi connectivity index (χ1n) is 7.51. The van der Waals surface area contributed by atoms with Gasteiger partial charge in [-0.2, -0.15) is 0 Å². The Morgan fingerprint density at radius 2 is 1.87 bits per heavy atom. The van der Waals surface area contributed by atoms with Crippen LogP contribution in [0.5, 0.6) is 11.5 Å². The maximum atomic E-state index is 12.0. The summed E-state index contributed by atoms with van der Waals surface area (Å²) in [7, 11) is 1.27. The standard InChI is InChI=1S/C18H21NO4/c1-22-18(21)16-15(23-12-6-5-11-19)10-9-14(17(16)20)13-7-3-2-4-8-13/h2-4,7-10,20H,5-6,11-12,19H2,1H3. The van der Waals surface area contributed by atoms with Crippen molar-refractivity contribution in [3.8, 4) is 22.6 Å². The molecule has 0 heterocycles. The van der Waals surface area contributed by atoms with E-state index in [0.29, 0.717) is 24.5 Å². The summed E-state index contributed by atoms with van der Waals surface area (Å²) in [6, 6.07) is 12.7. The van der Waals surface area contributed by atoms with E-state index in [2.05, 4.69) is 0 Å². The molecule has 0 radical (unpaired) electrons. The van der Waals surface area contributed by atoms with Gasteiger partial charge in [-0.1, -0.05) is 30.3 Å². The first-order valence-corrected chi connectivity index (χ1v) is 7.51. The van der Waals surface area contributed by atoms with Gasteiger partial charge < -0.3 is 20.3 Å². The minimum Gasteiger partial charge on any atom is -0.506 e. The van der Waals surface area contributed by atoms with Gasteiger partial charge in [-0.15, -0.1) is 0 Å². The molecular formula is C18H21NO4. The minimum atomic E-state index is -0.630. The number of nitrogens with two attached hydrogens (primary N) is 1. The smallest absolute Gasteiger partial charge is 0.345 e. The van der Waals surface area contributed by atoms with Crippen molar-refractivity contribution in [1.29, 1.82) is 0 Å². The Balaban J connectivity index is 2.37. The number of methoxy groups -OCH3 is 1. The third-order valence-electron chi connectivity index (χ3n) is 3.47. The SMILES string of the molecule is COC(=O)c1c(OCCCCN)ccc(-c2ccccc2)c1O. The van der Waals surface area contributed by atoms with Gasteiger partial charge in [0, 0.05) is 5.56 Å². The number of hydrogen-bond acceptors (Lipinski definition) is 5. The zero-order chi connectivity index (χ0) is 16.7. The lowest BCUT2D eigenvalue weighted by Crippen LogP contribution is -2.09. The van der Waals surface area contributed by atoms with Crippen molar-refractivity contribution in [1.82, 2.24) is 0 Å². The van der Waals surface area contributed by atoms with Crippen LogP contribution in [-0.2, 0) is 4.74 Å². The number of unbranched alkanes of at least 4 members (excludes halogenated alkanes) is 1. The van der Waals surface area contributed by atoms with Crippen LogP contribution in [0.15, 0.2) is 42.5 Å². The first kappa shape index (κ1) is 16.8. The van der Waals surface area contributed by atoms with Crippen molar-refractivity contribution in [2.45, 2.75) is 12.8 Å². The van der Waals surface area contributed by atoms with E-state index in [0.717, 1.165) is 18.4 Å². The molecule has 0 spiro atoms. The Labute approximate surface area is 135 Å². The second-order valence-corrected chi connectivity index (χ2v) is 5.04. The van der Waals surface area contributed by atoms with Gasteiger partial charge in [0.05, 0.1) is 13.7 Å². The van der Waals surface area contributed by atoms with Crippen LogP contribution in [-0.4, -0.2) is 31.3 Å². The molecule has 2 aromatic carbocycles. The van der Waals surface area contributed by atoms with E-state index in [1.807, 2.05) is 30.3 Å². The summed E-state index contributed by atoms with van der Waals surface area (Å²) in [4.78, 5) is 12.0. The number of esters is 1. The average Bonchev–Trinajstić information content (AvgIpc) is 2.59. The Morgan fingerprint density at radius 3 is 2.52 bits per heavy atom. The second-order valence-electron chi connectivity index (χ2n) is 5.04. The van der Waals surface area contributed by atoms with E-state index in [1.54, 1.807) is 12.1 Å². The molecule has 0 aliphatic rings. The summed E-state index contributed by atoms with van der Waals surface area (Å²) in [5, 5.41) is 10.5. The predicted octanol–water partition coefficient (Wildman–Crippen LogP) is 2.96. The van der Waals surface area contributed by atoms with Gasteiger partial charge in [-0.05, 0) is 37.1 Å². The van der Waals surface area contributed by atoms with Crippen LogP contribution >= 0.6 is 0 Å². The second kappa shape index (κ2) is 8.19. The van der Waals surface area contributed by atoms with Gasteiger partial charge in [0.2, 0.25) is 0 Å². The summed E-state index contributed by atoms with van der Waals surface area (Å²) < 4.78 is 10.4. The van der Waals surface area contributed by atoms with Crippen LogP contribution in [0.3, 0.4) is 0 Å². The van der Waals surface area contributed by atoms with Crippen LogP contribution < -0.4 is 10.5 Å². The zero-order valence-corrected chi connectivity index (χ0v) is 13.1. The Kier molecular flexibility index (Phi) is 6.00. The lowest BCUT2D eigenvalue weighted by Gasteiger charge is -2.14. The van der Waals surface area contributed by atoms with Gasteiger partial charge >= 0.3 is 5.97 Å². The van der Waals surface area contributed by atoms with Crippen molar-refractivity contribution in [3.63, 3.8) is 0 Å². The third kappa shape index (κ3) is 4.02.